The quantitative estimate of drug-likeness (QED) is 0.705. The number of para-hydroxylation sites is 1. The van der Waals surface area contributed by atoms with Crippen LogP contribution in [0.5, 0.6) is 0 Å². The van der Waals surface area contributed by atoms with E-state index in [4.69, 9.17) is 0 Å². The summed E-state index contributed by atoms with van der Waals surface area (Å²) in [5.41, 5.74) is 1.24. The van der Waals surface area contributed by atoms with Gasteiger partial charge in [-0.25, -0.2) is 0 Å². The molecule has 100 valence electrons. The Kier molecular flexibility index (Phi) is 5.53. The van der Waals surface area contributed by atoms with E-state index in [2.05, 4.69) is 47.5 Å². The van der Waals surface area contributed by atoms with Crippen LogP contribution in [0.3, 0.4) is 0 Å². The van der Waals surface area contributed by atoms with Gasteiger partial charge in [0.2, 0.25) is 0 Å². The summed E-state index contributed by atoms with van der Waals surface area (Å²) < 4.78 is 0. The van der Waals surface area contributed by atoms with Crippen LogP contribution in [0.15, 0.2) is 30.3 Å². The second-order valence-corrected chi connectivity index (χ2v) is 5.34. The molecule has 0 heterocycles. The highest BCUT2D eigenvalue weighted by molar-refractivity contribution is 5.42. The van der Waals surface area contributed by atoms with Gasteiger partial charge in [-0.05, 0) is 50.4 Å². The first-order valence-corrected chi connectivity index (χ1v) is 7.39. The second kappa shape index (κ2) is 7.42. The Bertz CT molecular complexity index is 319. The first kappa shape index (κ1) is 13.4. The van der Waals surface area contributed by atoms with E-state index in [0.29, 0.717) is 0 Å². The molecule has 1 aromatic rings. The topological polar surface area (TPSA) is 15.3 Å². The summed E-state index contributed by atoms with van der Waals surface area (Å²) in [6, 6.07) is 10.5. The maximum atomic E-state index is 3.48. The van der Waals surface area contributed by atoms with Crippen LogP contribution < -0.4 is 5.32 Å². The third-order valence-corrected chi connectivity index (χ3v) is 3.94. The normalized spacial score (nSPS) is 15.7. The van der Waals surface area contributed by atoms with Gasteiger partial charge in [-0.2, -0.15) is 0 Å². The molecule has 2 heteroatoms. The third-order valence-electron chi connectivity index (χ3n) is 3.94. The van der Waals surface area contributed by atoms with Gasteiger partial charge in [0.15, 0.2) is 0 Å². The Morgan fingerprint density at radius 1 is 1.22 bits per heavy atom. The molecule has 2 nitrogen and oxygen atoms in total. The van der Waals surface area contributed by atoms with E-state index in [1.54, 1.807) is 0 Å². The van der Waals surface area contributed by atoms with Crippen LogP contribution in [0.2, 0.25) is 0 Å². The lowest BCUT2D eigenvalue weighted by Gasteiger charge is -2.31. The molecule has 1 aromatic carbocycles. The smallest absolute Gasteiger partial charge is 0.0340 e. The van der Waals surface area contributed by atoms with Gasteiger partial charge in [0.25, 0.3) is 0 Å². The summed E-state index contributed by atoms with van der Waals surface area (Å²) in [4.78, 5) is 2.61. The maximum Gasteiger partial charge on any atom is 0.0340 e. The van der Waals surface area contributed by atoms with Crippen molar-refractivity contribution in [1.82, 2.24) is 4.90 Å². The summed E-state index contributed by atoms with van der Waals surface area (Å²) in [5.74, 6) is 0.993. The molecule has 1 saturated carbocycles. The molecule has 0 aliphatic heterocycles. The lowest BCUT2D eigenvalue weighted by Crippen LogP contribution is -2.33. The van der Waals surface area contributed by atoms with E-state index in [1.165, 1.54) is 51.0 Å². The van der Waals surface area contributed by atoms with Crippen molar-refractivity contribution >= 4 is 5.69 Å². The van der Waals surface area contributed by atoms with E-state index in [1.807, 2.05) is 0 Å². The van der Waals surface area contributed by atoms with Crippen molar-refractivity contribution < 1.29 is 0 Å². The number of nitrogens with zero attached hydrogens (tertiary/aromatic N) is 1. The zero-order valence-electron chi connectivity index (χ0n) is 11.6. The number of anilines is 1. The number of rotatable bonds is 8. The summed E-state index contributed by atoms with van der Waals surface area (Å²) in [6.45, 7) is 7.10. The maximum absolute atomic E-state index is 3.48. The Labute approximate surface area is 111 Å². The van der Waals surface area contributed by atoms with Gasteiger partial charge in [0.1, 0.15) is 0 Å². The molecule has 0 atom stereocenters. The van der Waals surface area contributed by atoms with Gasteiger partial charge in [-0.3, -0.25) is 0 Å². The summed E-state index contributed by atoms with van der Waals surface area (Å²) in [7, 11) is 0. The van der Waals surface area contributed by atoms with E-state index in [0.717, 1.165) is 12.5 Å². The van der Waals surface area contributed by atoms with E-state index < -0.39 is 0 Å². The van der Waals surface area contributed by atoms with Gasteiger partial charge in [-0.1, -0.05) is 31.5 Å². The molecule has 1 fully saturated rings. The SMILES string of the molecule is CCN(CCCNc1ccccc1)CC1CCC1. The fourth-order valence-corrected chi connectivity index (χ4v) is 2.51. The van der Waals surface area contributed by atoms with Crippen LogP contribution in [0.1, 0.15) is 32.6 Å². The van der Waals surface area contributed by atoms with Gasteiger partial charge < -0.3 is 10.2 Å². The molecule has 0 radical (unpaired) electrons. The van der Waals surface area contributed by atoms with Crippen molar-refractivity contribution in [1.29, 1.82) is 0 Å². The highest BCUT2D eigenvalue weighted by Gasteiger charge is 2.19. The molecule has 0 aromatic heterocycles. The minimum absolute atomic E-state index is 0.993. The molecule has 18 heavy (non-hydrogen) atoms. The highest BCUT2D eigenvalue weighted by atomic mass is 15.1. The molecular weight excluding hydrogens is 220 g/mol. The Hall–Kier alpha value is -1.02. The van der Waals surface area contributed by atoms with Crippen LogP contribution in [0, 0.1) is 5.92 Å². The lowest BCUT2D eigenvalue weighted by atomic mass is 9.85. The number of hydrogen-bond acceptors (Lipinski definition) is 2. The fraction of sp³-hybridized carbons (Fsp3) is 0.625. The third kappa shape index (κ3) is 4.34. The number of hydrogen-bond donors (Lipinski definition) is 1. The molecular formula is C16H26N2. The minimum Gasteiger partial charge on any atom is -0.385 e. The van der Waals surface area contributed by atoms with Crippen molar-refractivity contribution in [2.24, 2.45) is 5.92 Å². The first-order valence-electron chi connectivity index (χ1n) is 7.39. The van der Waals surface area contributed by atoms with Crippen LogP contribution in [-0.4, -0.2) is 31.1 Å². The molecule has 0 bridgehead atoms. The standard InChI is InChI=1S/C16H26N2/c1-2-18(14-15-8-6-9-15)13-7-12-17-16-10-4-3-5-11-16/h3-5,10-11,15,17H,2,6-9,12-14H2,1H3. The van der Waals surface area contributed by atoms with Gasteiger partial charge in [-0.15, -0.1) is 0 Å². The average Bonchev–Trinajstić information content (AvgIpc) is 2.37. The van der Waals surface area contributed by atoms with Crippen molar-refractivity contribution in [2.45, 2.75) is 32.6 Å². The van der Waals surface area contributed by atoms with Gasteiger partial charge >= 0.3 is 0 Å². The minimum atomic E-state index is 0.993. The lowest BCUT2D eigenvalue weighted by molar-refractivity contribution is 0.184. The van der Waals surface area contributed by atoms with E-state index in [9.17, 15) is 0 Å². The largest absolute Gasteiger partial charge is 0.385 e. The fourth-order valence-electron chi connectivity index (χ4n) is 2.51. The molecule has 0 spiro atoms. The summed E-state index contributed by atoms with van der Waals surface area (Å²) >= 11 is 0. The van der Waals surface area contributed by atoms with E-state index >= 15 is 0 Å². The van der Waals surface area contributed by atoms with Crippen LogP contribution in [0.25, 0.3) is 0 Å². The van der Waals surface area contributed by atoms with Gasteiger partial charge in [0, 0.05) is 18.8 Å². The number of nitrogens with one attached hydrogen (secondary N) is 1. The summed E-state index contributed by atoms with van der Waals surface area (Å²) in [5, 5.41) is 3.48. The second-order valence-electron chi connectivity index (χ2n) is 5.34. The molecule has 2 rings (SSSR count). The molecule has 0 unspecified atom stereocenters. The Morgan fingerprint density at radius 3 is 2.61 bits per heavy atom. The van der Waals surface area contributed by atoms with E-state index in [-0.39, 0.29) is 0 Å². The van der Waals surface area contributed by atoms with Crippen LogP contribution >= 0.6 is 0 Å². The zero-order chi connectivity index (χ0) is 12.6. The van der Waals surface area contributed by atoms with Crippen molar-refractivity contribution in [3.63, 3.8) is 0 Å². The molecule has 1 N–H and O–H groups in total. The monoisotopic (exact) mass is 246 g/mol. The first-order chi connectivity index (χ1) is 8.88. The number of benzene rings is 1. The van der Waals surface area contributed by atoms with Crippen LogP contribution in [0.4, 0.5) is 5.69 Å². The summed E-state index contributed by atoms with van der Waals surface area (Å²) in [6.07, 6.45) is 5.60. The van der Waals surface area contributed by atoms with Crippen LogP contribution in [-0.2, 0) is 0 Å². The highest BCUT2D eigenvalue weighted by Crippen LogP contribution is 2.26. The van der Waals surface area contributed by atoms with Crippen molar-refractivity contribution in [3.8, 4) is 0 Å². The molecule has 0 amide bonds. The Morgan fingerprint density at radius 2 is 2.00 bits per heavy atom. The zero-order valence-corrected chi connectivity index (χ0v) is 11.6. The van der Waals surface area contributed by atoms with Crippen molar-refractivity contribution in [3.05, 3.63) is 30.3 Å². The molecule has 0 saturated heterocycles. The predicted octanol–water partition coefficient (Wildman–Crippen LogP) is 3.61. The predicted molar refractivity (Wildman–Crippen MR) is 79.0 cm³/mol. The van der Waals surface area contributed by atoms with Gasteiger partial charge in [0.05, 0.1) is 0 Å². The molecule has 1 aliphatic carbocycles. The van der Waals surface area contributed by atoms with Crippen molar-refractivity contribution in [2.75, 3.05) is 31.5 Å². The Balaban J connectivity index is 1.58. The molecule has 1 aliphatic rings. The average molecular weight is 246 g/mol.